The summed E-state index contributed by atoms with van der Waals surface area (Å²) in [6, 6.07) is 61.0. The average Bonchev–Trinajstić information content (AvgIpc) is 1.68. The molecule has 113 heavy (non-hydrogen) atoms. The van der Waals surface area contributed by atoms with Crippen LogP contribution in [0.5, 0.6) is 0 Å². The van der Waals surface area contributed by atoms with E-state index < -0.39 is 144 Å². The van der Waals surface area contributed by atoms with Gasteiger partial charge in [0.1, 0.15) is 0 Å². The van der Waals surface area contributed by atoms with E-state index in [1.165, 1.54) is 4.57 Å². The van der Waals surface area contributed by atoms with Gasteiger partial charge in [-0.25, -0.2) is 29.9 Å². The second-order valence-corrected chi connectivity index (χ2v) is 31.8. The Labute approximate surface area is 684 Å². The minimum atomic E-state index is -0.806. The normalized spacial score (nSPS) is 15.0. The largest absolute Gasteiger partial charge is 0.311 e. The summed E-state index contributed by atoms with van der Waals surface area (Å²) in [5.74, 6) is -0.0934. The average molecular weight is 1480 g/mol. The predicted octanol–water partition coefficient (Wildman–Crippen LogP) is 23.9. The molecule has 10 nitrogen and oxygen atoms in total. The van der Waals surface area contributed by atoms with Crippen LogP contribution in [-0.4, -0.2) is 45.8 Å². The van der Waals surface area contributed by atoms with E-state index in [-0.39, 0.29) is 55.5 Å². The molecule has 0 aliphatic carbocycles. The molecule has 0 fully saturated rings. The lowest BCUT2D eigenvalue weighted by atomic mass is 9.33. The molecule has 0 radical (unpaired) electrons. The molecule has 11 heteroatoms. The molecule has 14 aromatic carbocycles. The van der Waals surface area contributed by atoms with Gasteiger partial charge in [-0.3, -0.25) is 0 Å². The number of hydrogen-bond acceptors (Lipinski definition) is 8. The fourth-order valence-corrected chi connectivity index (χ4v) is 16.1. The van der Waals surface area contributed by atoms with Gasteiger partial charge in [0, 0.05) is 89.0 Å². The van der Waals surface area contributed by atoms with Crippen molar-refractivity contribution in [1.82, 2.24) is 39.0 Å². The van der Waals surface area contributed by atoms with Crippen molar-refractivity contribution in [2.75, 3.05) is 9.80 Å². The first-order valence-electron chi connectivity index (χ1n) is 46.6. The number of para-hydroxylation sites is 4. The van der Waals surface area contributed by atoms with Crippen molar-refractivity contribution in [3.8, 4) is 90.8 Å². The number of benzene rings is 14. The van der Waals surface area contributed by atoms with Crippen molar-refractivity contribution < 1.29 is 24.7 Å². The highest BCUT2D eigenvalue weighted by Crippen LogP contribution is 2.52. The van der Waals surface area contributed by atoms with E-state index in [0.717, 1.165) is 55.2 Å². The fraction of sp³-hybridized carbons (Fsp3) is 0.118. The molecule has 0 saturated carbocycles. The summed E-state index contributed by atoms with van der Waals surface area (Å²) in [6.45, 7) is 18.8. The van der Waals surface area contributed by atoms with Crippen LogP contribution in [-0.2, 0) is 16.2 Å². The van der Waals surface area contributed by atoms with Crippen molar-refractivity contribution in [3.05, 3.63) is 344 Å². The molecular weight excluding hydrogens is 1380 g/mol. The van der Waals surface area contributed by atoms with Crippen LogP contribution >= 0.6 is 0 Å². The zero-order chi connectivity index (χ0) is 92.3. The Hall–Kier alpha value is -13.6. The minimum absolute atomic E-state index is 0.0882. The van der Waals surface area contributed by atoms with Gasteiger partial charge in [-0.1, -0.05) is 292 Å². The summed E-state index contributed by atoms with van der Waals surface area (Å²) in [6.07, 6.45) is 0. The predicted molar refractivity (Wildman–Crippen MR) is 470 cm³/mol. The maximum absolute atomic E-state index is 9.89. The third-order valence-electron chi connectivity index (χ3n) is 21.7. The molecule has 0 unspecified atom stereocenters. The summed E-state index contributed by atoms with van der Waals surface area (Å²) in [5, 5.41) is 1.83. The van der Waals surface area contributed by atoms with Gasteiger partial charge in [0.15, 0.2) is 34.9 Å². The van der Waals surface area contributed by atoms with Crippen LogP contribution < -0.4 is 26.2 Å². The van der Waals surface area contributed by atoms with Crippen molar-refractivity contribution in [2.24, 2.45) is 0 Å². The first-order valence-corrected chi connectivity index (χ1v) is 37.6. The van der Waals surface area contributed by atoms with E-state index >= 15 is 0 Å². The highest BCUT2D eigenvalue weighted by atomic mass is 15.2. The third kappa shape index (κ3) is 11.8. The molecule has 2 aliphatic rings. The highest BCUT2D eigenvalue weighted by molar-refractivity contribution is 7.00. The molecule has 0 atom stereocenters. The van der Waals surface area contributed by atoms with Crippen LogP contribution in [0.25, 0.3) is 134 Å². The van der Waals surface area contributed by atoms with E-state index in [9.17, 15) is 13.7 Å². The second kappa shape index (κ2) is 26.6. The van der Waals surface area contributed by atoms with E-state index in [1.807, 2.05) is 121 Å². The molecule has 0 bridgehead atoms. The number of nitrogens with zero attached hydrogens (tertiary/aromatic N) is 10. The number of aromatic nitrogens is 8. The first kappa shape index (κ1) is 51.7. The maximum atomic E-state index is 9.89. The van der Waals surface area contributed by atoms with Gasteiger partial charge < -0.3 is 18.9 Å². The number of fused-ring (bicyclic) bond motifs is 10. The third-order valence-corrected chi connectivity index (χ3v) is 21.7. The molecule has 0 saturated heterocycles. The zero-order valence-electron chi connectivity index (χ0n) is 81.3. The van der Waals surface area contributed by atoms with Gasteiger partial charge in [-0.2, -0.15) is 0 Å². The van der Waals surface area contributed by atoms with E-state index in [2.05, 4.69) is 162 Å². The van der Waals surface area contributed by atoms with Crippen LogP contribution in [0, 0.1) is 0 Å². The Morgan fingerprint density at radius 3 is 1.10 bits per heavy atom. The van der Waals surface area contributed by atoms with Crippen LogP contribution in [0.2, 0.25) is 0 Å². The van der Waals surface area contributed by atoms with Crippen molar-refractivity contribution in [1.29, 1.82) is 0 Å². The number of hydrogen-bond donors (Lipinski definition) is 0. The maximum Gasteiger partial charge on any atom is 0.252 e. The summed E-state index contributed by atoms with van der Waals surface area (Å²) in [7, 11) is 0. The van der Waals surface area contributed by atoms with E-state index in [1.54, 1.807) is 12.1 Å². The summed E-state index contributed by atoms with van der Waals surface area (Å²) >= 11 is 0. The molecule has 0 amide bonds. The topological polar surface area (TPSA) is 93.7 Å². The molecule has 0 N–H and O–H groups in total. The first-order chi connectivity index (χ1) is 62.4. The Kier molecular flexibility index (Phi) is 12.2. The Bertz CT molecular complexity index is 7650. The van der Waals surface area contributed by atoms with Gasteiger partial charge in [0.25, 0.3) is 6.71 Å². The van der Waals surface area contributed by atoms with Gasteiger partial charge in [-0.15, -0.1) is 0 Å². The van der Waals surface area contributed by atoms with Crippen molar-refractivity contribution in [3.63, 3.8) is 0 Å². The Morgan fingerprint density at radius 2 is 0.646 bits per heavy atom. The van der Waals surface area contributed by atoms with Gasteiger partial charge >= 0.3 is 0 Å². The lowest BCUT2D eigenvalue weighted by molar-refractivity contribution is 0.590. The number of anilines is 6. The summed E-state index contributed by atoms with van der Waals surface area (Å²) in [4.78, 5) is 35.3. The molecule has 20 rings (SSSR count). The van der Waals surface area contributed by atoms with Gasteiger partial charge in [0.2, 0.25) is 0 Å². The standard InChI is InChI=1S/C102H81BN10/c1-100(2,3)70-40-30-39-68(57-70)69-58-91-93-92(59-69)113(86-48-29-25-44-78(86)99-108-96(66-35-18-12-19-36-66)105-97(109-99)67-37-20-13-21-38-67)90-63-74(111-87-55-49-71(101(4,5)6)60-79(87)80-61-72(102(7,8)9)50-56-88(80)111)52-54-82(90)103(93)81-53-51-73(110-83-45-26-22-41-75(83)76-42-23-27-46-84(76)110)62-89(81)112(91)85-47-28-24-43-77(85)98-106-94(64-31-14-10-15-32-64)104-95(107-98)65-33-16-11-17-34-65/h10-63H,1-9H3/i12D,13D,18D,19D,20D,21D,22D,23D,26D,27D,35D,36D,37D,38D,41D,42D,45D,46D. The lowest BCUT2D eigenvalue weighted by Crippen LogP contribution is -2.61. The molecule has 0 spiro atoms. The highest BCUT2D eigenvalue weighted by Gasteiger charge is 2.45. The smallest absolute Gasteiger partial charge is 0.252 e. The van der Waals surface area contributed by atoms with Crippen molar-refractivity contribution in [2.45, 2.75) is 78.6 Å². The molecule has 6 heterocycles. The summed E-state index contributed by atoms with van der Waals surface area (Å²) in [5.41, 5.74) is 13.1. The number of rotatable bonds is 11. The lowest BCUT2D eigenvalue weighted by Gasteiger charge is -2.45. The fourth-order valence-electron chi connectivity index (χ4n) is 16.1. The quantitative estimate of drug-likeness (QED) is 0.118. The van der Waals surface area contributed by atoms with Crippen LogP contribution in [0.3, 0.4) is 0 Å². The SMILES string of the molecule is [2H]c1c([2H])c([2H])c(-c2nc(-c3ccccc3N3c4cc(-n5c6ccc(C(C)(C)C)cc6c6cc(C(C)(C)C)ccc65)ccc4B4c5ccc(-n6c7c([2H])c([2H])c([2H])c([2H])c7c7c([2H])c([2H])c([2H])c([2H])c76)cc5N(c5ccccc5-c5nc(-c6ccccc6)nc(-c6ccccc6)n5)c5cc(-c6cccc(C(C)(C)C)c6)cc3c54)nc(-c3c([2H])c([2H])c([2H])c([2H])c3[2H])n2)c([2H])c1[2H]. The van der Waals surface area contributed by atoms with E-state index in [4.69, 9.17) is 40.9 Å². The molecular formula is C102H81BN10. The molecule has 2 aliphatic heterocycles. The van der Waals surface area contributed by atoms with Crippen LogP contribution in [0.15, 0.2) is 327 Å². The Balaban J connectivity index is 0.959. The van der Waals surface area contributed by atoms with E-state index in [0.29, 0.717) is 79.0 Å². The van der Waals surface area contributed by atoms with Crippen LogP contribution in [0.4, 0.5) is 34.1 Å². The van der Waals surface area contributed by atoms with Gasteiger partial charge in [-0.05, 0) is 157 Å². The molecule has 4 aromatic heterocycles. The monoisotopic (exact) mass is 1470 g/mol. The zero-order valence-corrected chi connectivity index (χ0v) is 63.3. The Morgan fingerprint density at radius 1 is 0.265 bits per heavy atom. The molecule has 542 valence electrons. The van der Waals surface area contributed by atoms with Crippen LogP contribution in [0.1, 0.15) is 104 Å². The van der Waals surface area contributed by atoms with Gasteiger partial charge in [0.05, 0.1) is 58.1 Å². The molecule has 18 aromatic rings. The minimum Gasteiger partial charge on any atom is -0.311 e. The van der Waals surface area contributed by atoms with Crippen molar-refractivity contribution >= 4 is 101 Å². The summed E-state index contributed by atoms with van der Waals surface area (Å²) < 4.78 is 171. The second-order valence-electron chi connectivity index (χ2n) is 31.8.